The number of nitrogens with one attached hydrogen (secondary N) is 4. The molecule has 6 rings (SSSR count). The number of H-pyrrole nitrogens is 1. The van der Waals surface area contributed by atoms with E-state index in [0.717, 1.165) is 52.7 Å². The van der Waals surface area contributed by atoms with Gasteiger partial charge in [-0.1, -0.05) is 12.1 Å². The van der Waals surface area contributed by atoms with Crippen LogP contribution < -0.4 is 16.0 Å². The predicted molar refractivity (Wildman–Crippen MR) is 132 cm³/mol. The van der Waals surface area contributed by atoms with Crippen molar-refractivity contribution in [3.63, 3.8) is 0 Å². The second-order valence-corrected chi connectivity index (χ2v) is 8.55. The van der Waals surface area contributed by atoms with E-state index in [1.165, 1.54) is 0 Å². The monoisotopic (exact) mass is 452 g/mol. The van der Waals surface area contributed by atoms with Crippen LogP contribution in [0.2, 0.25) is 0 Å². The molecule has 4 heterocycles. The number of aromatic nitrogens is 5. The fourth-order valence-corrected chi connectivity index (χ4v) is 4.41. The molecule has 2 aromatic carbocycles. The average Bonchev–Trinajstić information content (AvgIpc) is 3.60. The Morgan fingerprint density at radius 2 is 2.09 bits per heavy atom. The van der Waals surface area contributed by atoms with Crippen molar-refractivity contribution in [2.75, 3.05) is 17.2 Å². The van der Waals surface area contributed by atoms with Crippen molar-refractivity contribution in [3.8, 4) is 11.4 Å². The number of hydrogen-bond donors (Lipinski definition) is 4. The summed E-state index contributed by atoms with van der Waals surface area (Å²) in [5.74, 6) is 1.26. The number of nitrogens with zero attached hydrogens (tertiary/aromatic N) is 4. The standard InChI is InChI=1S/C25H24N8O/c34-23(14-18-6-2-10-26-18)28-19-5-1-4-16(12-19)24-30-25(22-7-3-11-33(22)32-24)29-20-8-9-21-17(13-20)15-27-31-21/h1,3-5,7-9,11-13,15,18,26H,2,6,10,14H2,(H,27,31)(H,28,34)(H,29,30,32)/t18-/m1/s1. The molecule has 0 spiro atoms. The molecule has 0 saturated carbocycles. The van der Waals surface area contributed by atoms with Gasteiger partial charge in [-0.05, 0) is 61.9 Å². The van der Waals surface area contributed by atoms with Gasteiger partial charge in [-0.2, -0.15) is 5.10 Å². The van der Waals surface area contributed by atoms with Crippen LogP contribution in [-0.2, 0) is 4.79 Å². The Morgan fingerprint density at radius 3 is 3.00 bits per heavy atom. The van der Waals surface area contributed by atoms with Crippen molar-refractivity contribution in [3.05, 3.63) is 67.0 Å². The summed E-state index contributed by atoms with van der Waals surface area (Å²) in [4.78, 5) is 17.3. The summed E-state index contributed by atoms with van der Waals surface area (Å²) in [5, 5.41) is 22.5. The Hall–Kier alpha value is -4.24. The van der Waals surface area contributed by atoms with Crippen LogP contribution in [-0.4, -0.2) is 43.3 Å². The lowest BCUT2D eigenvalue weighted by Crippen LogP contribution is -2.27. The Labute approximate surface area is 195 Å². The molecule has 3 aromatic heterocycles. The number of aromatic amines is 1. The number of anilines is 3. The van der Waals surface area contributed by atoms with Gasteiger partial charge in [-0.15, -0.1) is 5.10 Å². The maximum atomic E-state index is 12.5. The highest BCUT2D eigenvalue weighted by molar-refractivity contribution is 5.92. The zero-order valence-corrected chi connectivity index (χ0v) is 18.5. The molecule has 4 N–H and O–H groups in total. The van der Waals surface area contributed by atoms with E-state index in [-0.39, 0.29) is 11.9 Å². The van der Waals surface area contributed by atoms with Gasteiger partial charge in [0.05, 0.1) is 11.7 Å². The van der Waals surface area contributed by atoms with E-state index in [1.807, 2.05) is 60.8 Å². The largest absolute Gasteiger partial charge is 0.338 e. The summed E-state index contributed by atoms with van der Waals surface area (Å²) in [6.07, 6.45) is 6.33. The van der Waals surface area contributed by atoms with E-state index in [9.17, 15) is 4.79 Å². The van der Waals surface area contributed by atoms with Crippen LogP contribution in [0.4, 0.5) is 17.2 Å². The van der Waals surface area contributed by atoms with Crippen molar-refractivity contribution in [1.29, 1.82) is 0 Å². The summed E-state index contributed by atoms with van der Waals surface area (Å²) >= 11 is 0. The minimum absolute atomic E-state index is 0.00956. The van der Waals surface area contributed by atoms with E-state index in [1.54, 1.807) is 10.7 Å². The Kier molecular flexibility index (Phi) is 5.15. The lowest BCUT2D eigenvalue weighted by Gasteiger charge is -2.12. The first-order chi connectivity index (χ1) is 16.7. The van der Waals surface area contributed by atoms with Crippen LogP contribution in [0.5, 0.6) is 0 Å². The predicted octanol–water partition coefficient (Wildman–Crippen LogP) is 4.10. The van der Waals surface area contributed by atoms with Crippen LogP contribution >= 0.6 is 0 Å². The third-order valence-corrected chi connectivity index (χ3v) is 6.09. The molecule has 1 aliphatic rings. The highest BCUT2D eigenvalue weighted by atomic mass is 16.1. The highest BCUT2D eigenvalue weighted by Crippen LogP contribution is 2.27. The fourth-order valence-electron chi connectivity index (χ4n) is 4.41. The highest BCUT2D eigenvalue weighted by Gasteiger charge is 2.18. The summed E-state index contributed by atoms with van der Waals surface area (Å²) in [6, 6.07) is 17.8. The topological polar surface area (TPSA) is 112 Å². The molecule has 170 valence electrons. The molecule has 1 aliphatic heterocycles. The zero-order valence-electron chi connectivity index (χ0n) is 18.5. The third kappa shape index (κ3) is 4.08. The molecule has 1 amide bonds. The fraction of sp³-hybridized carbons (Fsp3) is 0.200. The average molecular weight is 453 g/mol. The first-order valence-corrected chi connectivity index (χ1v) is 11.4. The molecule has 9 heteroatoms. The van der Waals surface area contributed by atoms with Crippen molar-refractivity contribution in [2.45, 2.75) is 25.3 Å². The van der Waals surface area contributed by atoms with Gasteiger partial charge in [-0.25, -0.2) is 9.50 Å². The van der Waals surface area contributed by atoms with Gasteiger partial charge in [0.1, 0.15) is 5.52 Å². The third-order valence-electron chi connectivity index (χ3n) is 6.09. The summed E-state index contributed by atoms with van der Waals surface area (Å²) < 4.78 is 1.80. The Balaban J connectivity index is 1.28. The molecule has 34 heavy (non-hydrogen) atoms. The number of carbonyl (C=O) groups is 1. The number of carbonyl (C=O) groups excluding carboxylic acids is 1. The molecular formula is C25H24N8O. The van der Waals surface area contributed by atoms with Crippen LogP contribution in [0.3, 0.4) is 0 Å². The van der Waals surface area contributed by atoms with Gasteiger partial charge in [0.25, 0.3) is 0 Å². The summed E-state index contributed by atoms with van der Waals surface area (Å²) in [5.41, 5.74) is 4.30. The first kappa shape index (κ1) is 20.4. The molecule has 0 bridgehead atoms. The second kappa shape index (κ2) is 8.60. The normalized spacial score (nSPS) is 15.7. The van der Waals surface area contributed by atoms with Crippen LogP contribution in [0.1, 0.15) is 19.3 Å². The van der Waals surface area contributed by atoms with Gasteiger partial charge in [0.2, 0.25) is 5.91 Å². The van der Waals surface area contributed by atoms with Gasteiger partial charge in [0.15, 0.2) is 11.6 Å². The smallest absolute Gasteiger partial charge is 0.225 e. The Bertz CT molecular complexity index is 1480. The second-order valence-electron chi connectivity index (χ2n) is 8.55. The number of benzene rings is 2. The van der Waals surface area contributed by atoms with Crippen molar-refractivity contribution < 1.29 is 4.79 Å². The molecule has 1 atom stereocenters. The molecular weight excluding hydrogens is 428 g/mol. The Morgan fingerprint density at radius 1 is 1.12 bits per heavy atom. The quantitative estimate of drug-likeness (QED) is 0.309. The summed E-state index contributed by atoms with van der Waals surface area (Å²) in [7, 11) is 0. The van der Waals surface area contributed by atoms with Gasteiger partial charge in [0, 0.05) is 41.0 Å². The SMILES string of the molecule is O=C(C[C@H]1CCCN1)Nc1cccc(-c2nc(Nc3ccc4[nH]ncc4c3)c3cccn3n2)c1. The van der Waals surface area contributed by atoms with Crippen LogP contribution in [0, 0.1) is 0 Å². The lowest BCUT2D eigenvalue weighted by molar-refractivity contribution is -0.116. The van der Waals surface area contributed by atoms with Gasteiger partial charge < -0.3 is 16.0 Å². The molecule has 1 saturated heterocycles. The van der Waals surface area contributed by atoms with Gasteiger partial charge in [-0.3, -0.25) is 9.89 Å². The molecule has 0 unspecified atom stereocenters. The zero-order chi connectivity index (χ0) is 22.9. The molecule has 1 fully saturated rings. The number of amides is 1. The molecule has 0 aliphatic carbocycles. The number of rotatable bonds is 6. The van der Waals surface area contributed by atoms with Crippen LogP contribution in [0.15, 0.2) is 67.0 Å². The molecule has 5 aromatic rings. The van der Waals surface area contributed by atoms with E-state index >= 15 is 0 Å². The maximum absolute atomic E-state index is 12.5. The number of hydrogen-bond acceptors (Lipinski definition) is 6. The lowest BCUT2D eigenvalue weighted by atomic mass is 10.1. The first-order valence-electron chi connectivity index (χ1n) is 11.4. The maximum Gasteiger partial charge on any atom is 0.225 e. The summed E-state index contributed by atoms with van der Waals surface area (Å²) in [6.45, 7) is 0.985. The molecule has 0 radical (unpaired) electrons. The molecule has 9 nitrogen and oxygen atoms in total. The van der Waals surface area contributed by atoms with Crippen molar-refractivity contribution >= 4 is 39.5 Å². The minimum atomic E-state index is 0.00956. The van der Waals surface area contributed by atoms with E-state index in [2.05, 4.69) is 31.2 Å². The van der Waals surface area contributed by atoms with Crippen LogP contribution in [0.25, 0.3) is 27.8 Å². The van der Waals surface area contributed by atoms with E-state index in [4.69, 9.17) is 4.98 Å². The van der Waals surface area contributed by atoms with Gasteiger partial charge >= 0.3 is 0 Å². The van der Waals surface area contributed by atoms with Crippen molar-refractivity contribution in [2.24, 2.45) is 0 Å². The number of fused-ring (bicyclic) bond motifs is 2. The van der Waals surface area contributed by atoms with E-state index < -0.39 is 0 Å². The van der Waals surface area contributed by atoms with Crippen molar-refractivity contribution in [1.82, 2.24) is 30.1 Å². The minimum Gasteiger partial charge on any atom is -0.338 e. The van der Waals surface area contributed by atoms with E-state index in [0.29, 0.717) is 18.1 Å².